The van der Waals surface area contributed by atoms with Crippen molar-refractivity contribution in [1.82, 2.24) is 20.0 Å². The maximum atomic E-state index is 13.1. The van der Waals surface area contributed by atoms with Gasteiger partial charge in [0.2, 0.25) is 5.91 Å². The highest BCUT2D eigenvalue weighted by Crippen LogP contribution is 2.43. The van der Waals surface area contributed by atoms with Crippen LogP contribution >= 0.6 is 23.5 Å². The van der Waals surface area contributed by atoms with Gasteiger partial charge in [-0.05, 0) is 29.9 Å². The zero-order valence-corrected chi connectivity index (χ0v) is 17.3. The Balaban J connectivity index is 1.63. The second-order valence-corrected chi connectivity index (χ2v) is 9.54. The number of hydrogen-bond donors (Lipinski definition) is 3. The third-order valence-corrected chi connectivity index (χ3v) is 7.73. The van der Waals surface area contributed by atoms with Gasteiger partial charge in [0.05, 0.1) is 34.5 Å². The molecule has 7 nitrogen and oxygen atoms in total. The minimum atomic E-state index is -0.277. The van der Waals surface area contributed by atoms with E-state index in [2.05, 4.69) is 20.6 Å². The van der Waals surface area contributed by atoms with Crippen molar-refractivity contribution in [1.29, 1.82) is 0 Å². The maximum Gasteiger partial charge on any atom is 0.270 e. The summed E-state index contributed by atoms with van der Waals surface area (Å²) in [5, 5.41) is 13.1. The van der Waals surface area contributed by atoms with Gasteiger partial charge in [0.25, 0.3) is 5.56 Å². The number of benzene rings is 1. The van der Waals surface area contributed by atoms with Crippen molar-refractivity contribution in [3.05, 3.63) is 58.0 Å². The third-order valence-electron chi connectivity index (χ3n) is 5.43. The average molecular weight is 428 g/mol. The molecule has 3 N–H and O–H groups in total. The van der Waals surface area contributed by atoms with Crippen LogP contribution in [0.1, 0.15) is 35.3 Å². The highest BCUT2D eigenvalue weighted by Gasteiger charge is 2.34. The molecule has 0 radical (unpaired) electrons. The van der Waals surface area contributed by atoms with Crippen LogP contribution < -0.4 is 10.9 Å². The molecule has 3 aromatic rings. The Labute approximate surface area is 176 Å². The van der Waals surface area contributed by atoms with Crippen molar-refractivity contribution in [2.45, 2.75) is 24.1 Å². The summed E-state index contributed by atoms with van der Waals surface area (Å²) in [5.74, 6) is 2.95. The molecule has 1 atom stereocenters. The van der Waals surface area contributed by atoms with Gasteiger partial charge in [0.15, 0.2) is 0 Å². The molecule has 0 aliphatic carbocycles. The molecule has 0 spiro atoms. The molecular formula is C20H21N5O2S2. The van der Waals surface area contributed by atoms with E-state index in [4.69, 9.17) is 0 Å². The fourth-order valence-electron chi connectivity index (χ4n) is 4.04. The van der Waals surface area contributed by atoms with Crippen LogP contribution in [0.3, 0.4) is 0 Å². The lowest BCUT2D eigenvalue weighted by Crippen LogP contribution is -2.22. The van der Waals surface area contributed by atoms with Gasteiger partial charge in [-0.3, -0.25) is 24.5 Å². The van der Waals surface area contributed by atoms with E-state index in [1.54, 1.807) is 6.20 Å². The topological polar surface area (TPSA) is 95.6 Å². The van der Waals surface area contributed by atoms with Crippen molar-refractivity contribution >= 4 is 35.2 Å². The van der Waals surface area contributed by atoms with Gasteiger partial charge in [-0.2, -0.15) is 16.9 Å². The summed E-state index contributed by atoms with van der Waals surface area (Å²) in [6.07, 6.45) is 3.74. The quantitative estimate of drug-likeness (QED) is 0.595. The average Bonchev–Trinajstić information content (AvgIpc) is 3.31. The Morgan fingerprint density at radius 3 is 2.69 bits per heavy atom. The van der Waals surface area contributed by atoms with Crippen LogP contribution in [-0.2, 0) is 4.79 Å². The molecule has 1 aromatic carbocycles. The number of anilines is 1. The number of nitrogens with zero attached hydrogens (tertiary/aromatic N) is 2. The standard InChI is InChI=1S/C20H21N5O2S2/c26-15-11-29-18(14-10-21-23-17(14)12-4-2-1-3-5-12)16-19(22-15)25(24-20(16)27)13-6-8-28-9-7-13/h1-5,10,13,18H,6-9,11H2,(H,21,23)(H,22,26)(H,24,27)/t18-/m1/s1. The van der Waals surface area contributed by atoms with Crippen LogP contribution in [0.4, 0.5) is 5.82 Å². The fourth-order valence-corrected chi connectivity index (χ4v) is 6.25. The monoisotopic (exact) mass is 427 g/mol. The summed E-state index contributed by atoms with van der Waals surface area (Å²) in [6, 6.07) is 10.1. The van der Waals surface area contributed by atoms with Crippen molar-refractivity contribution in [2.75, 3.05) is 22.6 Å². The maximum absolute atomic E-state index is 13.1. The van der Waals surface area contributed by atoms with E-state index >= 15 is 0 Å². The van der Waals surface area contributed by atoms with E-state index in [1.165, 1.54) is 11.8 Å². The number of nitrogens with one attached hydrogen (secondary N) is 3. The van der Waals surface area contributed by atoms with Gasteiger partial charge >= 0.3 is 0 Å². The molecule has 0 unspecified atom stereocenters. The van der Waals surface area contributed by atoms with Gasteiger partial charge in [-0.15, -0.1) is 11.8 Å². The summed E-state index contributed by atoms with van der Waals surface area (Å²) in [4.78, 5) is 25.5. The number of hydrogen-bond acceptors (Lipinski definition) is 5. The number of aromatic nitrogens is 4. The van der Waals surface area contributed by atoms with Gasteiger partial charge in [-0.25, -0.2) is 0 Å². The Kier molecular flexibility index (Phi) is 5.01. The molecular weight excluding hydrogens is 406 g/mol. The fraction of sp³-hybridized carbons (Fsp3) is 0.350. The Bertz CT molecular complexity index is 1080. The molecule has 5 rings (SSSR count). The number of carbonyl (C=O) groups excluding carboxylic acids is 1. The predicted molar refractivity (Wildman–Crippen MR) is 118 cm³/mol. The molecule has 2 aliphatic heterocycles. The zero-order chi connectivity index (χ0) is 19.8. The van der Waals surface area contributed by atoms with Crippen molar-refractivity contribution < 1.29 is 4.79 Å². The molecule has 1 fully saturated rings. The Hall–Kier alpha value is -2.39. The van der Waals surface area contributed by atoms with Crippen molar-refractivity contribution in [3.8, 4) is 11.3 Å². The van der Waals surface area contributed by atoms with Crippen LogP contribution in [-0.4, -0.2) is 43.1 Å². The van der Waals surface area contributed by atoms with Gasteiger partial charge < -0.3 is 5.32 Å². The van der Waals surface area contributed by atoms with E-state index in [1.807, 2.05) is 46.8 Å². The first kappa shape index (κ1) is 18.6. The number of carbonyl (C=O) groups is 1. The number of aromatic amines is 2. The van der Waals surface area contributed by atoms with E-state index in [-0.39, 0.29) is 22.8 Å². The highest BCUT2D eigenvalue weighted by atomic mass is 32.2. The molecule has 150 valence electrons. The Morgan fingerprint density at radius 1 is 1.10 bits per heavy atom. The second kappa shape index (κ2) is 7.79. The predicted octanol–water partition coefficient (Wildman–Crippen LogP) is 3.41. The number of fused-ring (bicyclic) bond motifs is 1. The molecule has 2 aromatic heterocycles. The number of H-pyrrole nitrogens is 2. The first-order valence-electron chi connectivity index (χ1n) is 9.64. The molecule has 9 heteroatoms. The lowest BCUT2D eigenvalue weighted by atomic mass is 10.0. The number of amides is 1. The summed E-state index contributed by atoms with van der Waals surface area (Å²) in [7, 11) is 0. The number of thioether (sulfide) groups is 2. The first-order chi connectivity index (χ1) is 14.2. The lowest BCUT2D eigenvalue weighted by Gasteiger charge is -2.24. The molecule has 4 heterocycles. The molecule has 1 amide bonds. The van der Waals surface area contributed by atoms with Gasteiger partial charge in [0, 0.05) is 5.56 Å². The van der Waals surface area contributed by atoms with E-state index in [0.29, 0.717) is 17.1 Å². The highest BCUT2D eigenvalue weighted by molar-refractivity contribution is 8.00. The zero-order valence-electron chi connectivity index (χ0n) is 15.7. The minimum Gasteiger partial charge on any atom is -0.310 e. The van der Waals surface area contributed by atoms with Crippen LogP contribution in [0.25, 0.3) is 11.3 Å². The summed E-state index contributed by atoms with van der Waals surface area (Å²) < 4.78 is 1.90. The molecule has 0 saturated carbocycles. The van der Waals surface area contributed by atoms with Crippen molar-refractivity contribution in [2.24, 2.45) is 0 Å². The van der Waals surface area contributed by atoms with Crippen LogP contribution in [0.15, 0.2) is 41.3 Å². The number of rotatable bonds is 3. The van der Waals surface area contributed by atoms with Crippen molar-refractivity contribution in [3.63, 3.8) is 0 Å². The van der Waals surface area contributed by atoms with E-state index < -0.39 is 0 Å². The van der Waals surface area contributed by atoms with Gasteiger partial charge in [0.1, 0.15) is 5.82 Å². The first-order valence-corrected chi connectivity index (χ1v) is 11.8. The normalized spacial score (nSPS) is 20.1. The summed E-state index contributed by atoms with van der Waals surface area (Å²) in [6.45, 7) is 0. The molecule has 2 aliphatic rings. The second-order valence-electron chi connectivity index (χ2n) is 7.22. The largest absolute Gasteiger partial charge is 0.310 e. The molecule has 0 bridgehead atoms. The van der Waals surface area contributed by atoms with Crippen LogP contribution in [0.2, 0.25) is 0 Å². The van der Waals surface area contributed by atoms with E-state index in [0.717, 1.165) is 41.2 Å². The summed E-state index contributed by atoms with van der Waals surface area (Å²) in [5.41, 5.74) is 3.27. The Morgan fingerprint density at radius 2 is 1.90 bits per heavy atom. The lowest BCUT2D eigenvalue weighted by molar-refractivity contribution is -0.113. The van der Waals surface area contributed by atoms with E-state index in [9.17, 15) is 9.59 Å². The third kappa shape index (κ3) is 3.42. The van der Waals surface area contributed by atoms with Crippen LogP contribution in [0, 0.1) is 0 Å². The molecule has 1 saturated heterocycles. The minimum absolute atomic E-state index is 0.0820. The van der Waals surface area contributed by atoms with Gasteiger partial charge in [-0.1, -0.05) is 30.3 Å². The smallest absolute Gasteiger partial charge is 0.270 e. The van der Waals surface area contributed by atoms with Crippen LogP contribution in [0.5, 0.6) is 0 Å². The SMILES string of the molecule is O=C1CS[C@H](c2cn[nH]c2-c2ccccc2)c2c(n(C3CCSCC3)[nH]c2=O)N1. The molecule has 29 heavy (non-hydrogen) atoms. The summed E-state index contributed by atoms with van der Waals surface area (Å²) >= 11 is 3.40.